The van der Waals surface area contributed by atoms with Crippen molar-refractivity contribution in [3.8, 4) is 0 Å². The summed E-state index contributed by atoms with van der Waals surface area (Å²) in [6.07, 6.45) is -1.87. The lowest BCUT2D eigenvalue weighted by Gasteiger charge is -2.17. The molecule has 0 radical (unpaired) electrons. The molecule has 5 nitrogen and oxygen atoms in total. The molecule has 0 aliphatic rings. The van der Waals surface area contributed by atoms with Crippen LogP contribution < -0.4 is 0 Å². The van der Waals surface area contributed by atoms with Gasteiger partial charge >= 0.3 is 13.6 Å². The summed E-state index contributed by atoms with van der Waals surface area (Å²) < 4.78 is 20.8. The van der Waals surface area contributed by atoms with Crippen LogP contribution in [0.25, 0.3) is 0 Å². The Labute approximate surface area is 63.9 Å². The number of hydrogen-bond donors (Lipinski definition) is 2. The summed E-state index contributed by atoms with van der Waals surface area (Å²) in [5, 5.41) is 15.5. The van der Waals surface area contributed by atoms with E-state index in [-0.39, 0.29) is 0 Å². The lowest BCUT2D eigenvalue weighted by atomic mass is 10.1. The van der Waals surface area contributed by atoms with Crippen LogP contribution in [0, 0.1) is 0 Å². The standard InChI is InChI=1S/C5H9O5P/c1-5(2,11(9)10)3(6)4(7)8/h3,6H,1-2H3,(H,7,8). The molecule has 1 unspecified atom stereocenters. The maximum absolute atomic E-state index is 10.4. The second kappa shape index (κ2) is 3.15. The fourth-order valence-corrected chi connectivity index (χ4v) is 0.712. The van der Waals surface area contributed by atoms with Gasteiger partial charge in [-0.2, -0.15) is 0 Å². The predicted molar refractivity (Wildman–Crippen MR) is 36.0 cm³/mol. The van der Waals surface area contributed by atoms with Gasteiger partial charge in [0.15, 0.2) is 6.10 Å². The van der Waals surface area contributed by atoms with Gasteiger partial charge in [0.2, 0.25) is 0 Å². The Balaban J connectivity index is 4.69. The van der Waals surface area contributed by atoms with Crippen LogP contribution in [0.15, 0.2) is 0 Å². The maximum atomic E-state index is 10.4. The van der Waals surface area contributed by atoms with Crippen LogP contribution in [-0.2, 0) is 13.9 Å². The Morgan fingerprint density at radius 2 is 1.82 bits per heavy atom. The summed E-state index contributed by atoms with van der Waals surface area (Å²) in [6.45, 7) is 2.30. The van der Waals surface area contributed by atoms with Gasteiger partial charge in [0.05, 0.1) is 0 Å². The highest BCUT2D eigenvalue weighted by Gasteiger charge is 2.38. The van der Waals surface area contributed by atoms with Gasteiger partial charge in [-0.25, -0.2) is 13.9 Å². The Morgan fingerprint density at radius 1 is 1.45 bits per heavy atom. The van der Waals surface area contributed by atoms with Gasteiger partial charge in [-0.05, 0) is 13.8 Å². The first kappa shape index (κ1) is 10.3. The first-order valence-corrected chi connectivity index (χ1v) is 4.03. The predicted octanol–water partition coefficient (Wildman–Crippen LogP) is 0.383. The van der Waals surface area contributed by atoms with Gasteiger partial charge < -0.3 is 10.2 Å². The second-order valence-electron chi connectivity index (χ2n) is 2.65. The van der Waals surface area contributed by atoms with E-state index in [0.29, 0.717) is 0 Å². The number of rotatable bonds is 3. The summed E-state index contributed by atoms with van der Waals surface area (Å²) in [6, 6.07) is 0. The molecular formula is C5H9O5P. The van der Waals surface area contributed by atoms with Gasteiger partial charge in [0, 0.05) is 0 Å². The highest BCUT2D eigenvalue weighted by atomic mass is 31.1. The minimum absolute atomic E-state index is 1.15. The molecule has 0 rings (SSSR count). The van der Waals surface area contributed by atoms with Crippen LogP contribution >= 0.6 is 7.68 Å². The van der Waals surface area contributed by atoms with E-state index in [9.17, 15) is 13.9 Å². The number of hydrogen-bond acceptors (Lipinski definition) is 4. The van der Waals surface area contributed by atoms with Crippen molar-refractivity contribution in [2.45, 2.75) is 25.1 Å². The first-order chi connectivity index (χ1) is 4.80. The molecule has 0 saturated carbocycles. The van der Waals surface area contributed by atoms with Crippen molar-refractivity contribution in [2.24, 2.45) is 0 Å². The first-order valence-electron chi connectivity index (χ1n) is 2.85. The molecule has 6 heteroatoms. The van der Waals surface area contributed by atoms with Gasteiger partial charge in [-0.3, -0.25) is 0 Å². The van der Waals surface area contributed by atoms with E-state index in [1.807, 2.05) is 0 Å². The summed E-state index contributed by atoms with van der Waals surface area (Å²) >= 11 is 0. The Kier molecular flexibility index (Phi) is 2.96. The molecule has 0 amide bonds. The largest absolute Gasteiger partial charge is 0.479 e. The number of carboxylic acids is 1. The SMILES string of the molecule is CC(C)(C(O)C(=O)O)P(=O)=O. The molecular weight excluding hydrogens is 171 g/mol. The molecule has 0 heterocycles. The van der Waals surface area contributed by atoms with Crippen molar-refractivity contribution in [3.63, 3.8) is 0 Å². The fourth-order valence-electron chi connectivity index (χ4n) is 0.402. The van der Waals surface area contributed by atoms with Crippen molar-refractivity contribution >= 4 is 13.6 Å². The lowest BCUT2D eigenvalue weighted by Crippen LogP contribution is -2.38. The van der Waals surface area contributed by atoms with E-state index >= 15 is 0 Å². The highest BCUT2D eigenvalue weighted by Crippen LogP contribution is 2.31. The molecule has 0 aliphatic heterocycles. The van der Waals surface area contributed by atoms with Crippen LogP contribution in [0.5, 0.6) is 0 Å². The number of carboxylic acid groups (broad SMARTS) is 1. The quantitative estimate of drug-likeness (QED) is 0.612. The zero-order valence-corrected chi connectivity index (χ0v) is 7.04. The Hall–Kier alpha value is -0.670. The van der Waals surface area contributed by atoms with Crippen molar-refractivity contribution in [1.82, 2.24) is 0 Å². The van der Waals surface area contributed by atoms with Gasteiger partial charge in [-0.1, -0.05) is 0 Å². The van der Waals surface area contributed by atoms with Crippen LogP contribution in [0.3, 0.4) is 0 Å². The van der Waals surface area contributed by atoms with Gasteiger partial charge in [0.25, 0.3) is 0 Å². The molecule has 1 atom stereocenters. The maximum Gasteiger partial charge on any atom is 0.334 e. The molecule has 11 heavy (non-hydrogen) atoms. The van der Waals surface area contributed by atoms with Gasteiger partial charge in [-0.15, -0.1) is 0 Å². The van der Waals surface area contributed by atoms with Gasteiger partial charge in [0.1, 0.15) is 5.16 Å². The zero-order chi connectivity index (χ0) is 9.23. The third-order valence-corrected chi connectivity index (χ3v) is 2.56. The van der Waals surface area contributed by atoms with Crippen molar-refractivity contribution < 1.29 is 24.1 Å². The minimum Gasteiger partial charge on any atom is -0.479 e. The summed E-state index contributed by atoms with van der Waals surface area (Å²) in [5.41, 5.74) is 0. The smallest absolute Gasteiger partial charge is 0.334 e. The van der Waals surface area contributed by atoms with Crippen LogP contribution in [0.2, 0.25) is 0 Å². The van der Waals surface area contributed by atoms with Crippen LogP contribution in [0.4, 0.5) is 0 Å². The van der Waals surface area contributed by atoms with E-state index < -0.39 is 24.9 Å². The highest BCUT2D eigenvalue weighted by molar-refractivity contribution is 7.33. The summed E-state index contributed by atoms with van der Waals surface area (Å²) in [5.74, 6) is -1.53. The molecule has 0 fully saturated rings. The Bertz CT molecular complexity index is 221. The molecule has 0 spiro atoms. The number of aliphatic carboxylic acids is 1. The number of carbonyl (C=O) groups is 1. The molecule has 2 N–H and O–H groups in total. The van der Waals surface area contributed by atoms with Crippen molar-refractivity contribution in [1.29, 1.82) is 0 Å². The average Bonchev–Trinajstić information content (AvgIpc) is 1.85. The molecule has 0 aliphatic carbocycles. The molecule has 0 aromatic heterocycles. The molecule has 64 valence electrons. The van der Waals surface area contributed by atoms with E-state index in [1.165, 1.54) is 0 Å². The third kappa shape index (κ3) is 2.13. The van der Waals surface area contributed by atoms with E-state index in [1.54, 1.807) is 0 Å². The Morgan fingerprint density at radius 3 is 1.91 bits per heavy atom. The fraction of sp³-hybridized carbons (Fsp3) is 0.800. The number of aliphatic hydroxyl groups is 1. The lowest BCUT2D eigenvalue weighted by molar-refractivity contribution is -0.148. The summed E-state index contributed by atoms with van der Waals surface area (Å²) in [7, 11) is -2.95. The van der Waals surface area contributed by atoms with Crippen molar-refractivity contribution in [2.75, 3.05) is 0 Å². The molecule has 0 aromatic rings. The van der Waals surface area contributed by atoms with E-state index in [4.69, 9.17) is 10.2 Å². The van der Waals surface area contributed by atoms with E-state index in [0.717, 1.165) is 13.8 Å². The van der Waals surface area contributed by atoms with Crippen LogP contribution in [-0.4, -0.2) is 27.4 Å². The topological polar surface area (TPSA) is 91.7 Å². The monoisotopic (exact) mass is 180 g/mol. The normalized spacial score (nSPS) is 14.1. The molecule has 0 saturated heterocycles. The van der Waals surface area contributed by atoms with Crippen LogP contribution in [0.1, 0.15) is 13.8 Å². The average molecular weight is 180 g/mol. The summed E-state index contributed by atoms with van der Waals surface area (Å²) in [4.78, 5) is 10.1. The minimum atomic E-state index is -2.95. The second-order valence-corrected chi connectivity index (χ2v) is 4.32. The zero-order valence-electron chi connectivity index (χ0n) is 6.14. The third-order valence-electron chi connectivity index (χ3n) is 1.37. The van der Waals surface area contributed by atoms with E-state index in [2.05, 4.69) is 0 Å². The molecule has 0 bridgehead atoms. The molecule has 0 aromatic carbocycles. The number of aliphatic hydroxyl groups excluding tert-OH is 1. The van der Waals surface area contributed by atoms with Crippen molar-refractivity contribution in [3.05, 3.63) is 0 Å².